The molecule has 0 saturated heterocycles. The predicted molar refractivity (Wildman–Crippen MR) is 135 cm³/mol. The predicted octanol–water partition coefficient (Wildman–Crippen LogP) is 4.67. The lowest BCUT2D eigenvalue weighted by molar-refractivity contribution is 0.0935. The second-order valence-corrected chi connectivity index (χ2v) is 8.04. The Hall–Kier alpha value is -4.40. The Labute approximate surface area is 209 Å². The fourth-order valence-corrected chi connectivity index (χ4v) is 3.93. The van der Waals surface area contributed by atoms with Gasteiger partial charge in [0.05, 0.1) is 40.0 Å². The lowest BCUT2D eigenvalue weighted by atomic mass is 10.1. The van der Waals surface area contributed by atoms with E-state index in [-0.39, 0.29) is 11.9 Å². The number of ether oxygens (including phenoxy) is 5. The molecular weight excluding hydrogens is 462 g/mol. The summed E-state index contributed by atoms with van der Waals surface area (Å²) in [5, 5.41) is 3.73. The molecule has 1 amide bonds. The summed E-state index contributed by atoms with van der Waals surface area (Å²) in [5.74, 6) is 2.47. The molecule has 2 heterocycles. The Morgan fingerprint density at radius 1 is 0.889 bits per heavy atom. The van der Waals surface area contributed by atoms with Gasteiger partial charge >= 0.3 is 0 Å². The minimum Gasteiger partial charge on any atom is -0.496 e. The van der Waals surface area contributed by atoms with Gasteiger partial charge in [-0.2, -0.15) is 0 Å². The van der Waals surface area contributed by atoms with Crippen LogP contribution in [0.2, 0.25) is 0 Å². The van der Waals surface area contributed by atoms with Crippen LogP contribution in [-0.4, -0.2) is 44.3 Å². The molecule has 2 N–H and O–H groups in total. The van der Waals surface area contributed by atoms with Gasteiger partial charge in [0.15, 0.2) is 23.0 Å². The number of hydrogen-bond donors (Lipinski definition) is 2. The zero-order chi connectivity index (χ0) is 25.7. The molecule has 36 heavy (non-hydrogen) atoms. The number of aromatic amines is 1. The summed E-state index contributed by atoms with van der Waals surface area (Å²) in [5.41, 5.74) is 2.85. The SMILES string of the molecule is COc1cc(C(C)NC(=O)c2cc3c(OC)cc(OC)c(OC)c3[nH]2)ccc1OCc1ccncc1. The first kappa shape index (κ1) is 24.7. The molecular formula is C27H29N3O6. The van der Waals surface area contributed by atoms with E-state index in [2.05, 4.69) is 15.3 Å². The number of amides is 1. The highest BCUT2D eigenvalue weighted by atomic mass is 16.5. The molecule has 4 aromatic rings. The molecule has 188 valence electrons. The van der Waals surface area contributed by atoms with Crippen LogP contribution >= 0.6 is 0 Å². The van der Waals surface area contributed by atoms with Crippen molar-refractivity contribution in [3.8, 4) is 28.7 Å². The Kier molecular flexibility index (Phi) is 7.48. The number of rotatable bonds is 10. The van der Waals surface area contributed by atoms with E-state index in [4.69, 9.17) is 23.7 Å². The quantitative estimate of drug-likeness (QED) is 0.332. The minimum absolute atomic E-state index is 0.279. The molecule has 9 nitrogen and oxygen atoms in total. The Morgan fingerprint density at radius 2 is 1.61 bits per heavy atom. The zero-order valence-electron chi connectivity index (χ0n) is 20.9. The summed E-state index contributed by atoms with van der Waals surface area (Å²) in [7, 11) is 6.24. The number of aromatic nitrogens is 2. The molecule has 0 bridgehead atoms. The molecule has 0 radical (unpaired) electrons. The maximum Gasteiger partial charge on any atom is 0.268 e. The monoisotopic (exact) mass is 491 g/mol. The van der Waals surface area contributed by atoms with Crippen LogP contribution in [-0.2, 0) is 6.61 Å². The minimum atomic E-state index is -0.301. The molecule has 1 unspecified atom stereocenters. The van der Waals surface area contributed by atoms with E-state index in [0.717, 1.165) is 11.1 Å². The van der Waals surface area contributed by atoms with Gasteiger partial charge in [-0.1, -0.05) is 6.07 Å². The average molecular weight is 492 g/mol. The number of carbonyl (C=O) groups is 1. The van der Waals surface area contributed by atoms with Crippen LogP contribution in [0.3, 0.4) is 0 Å². The molecule has 0 aliphatic carbocycles. The van der Waals surface area contributed by atoms with Gasteiger partial charge in [-0.3, -0.25) is 9.78 Å². The molecule has 4 rings (SSSR count). The van der Waals surface area contributed by atoms with Gasteiger partial charge in [-0.05, 0) is 48.4 Å². The van der Waals surface area contributed by atoms with Gasteiger partial charge in [0.25, 0.3) is 5.91 Å². The van der Waals surface area contributed by atoms with Gasteiger partial charge in [-0.25, -0.2) is 0 Å². The van der Waals surface area contributed by atoms with E-state index in [1.54, 1.807) is 53.0 Å². The fraction of sp³-hybridized carbons (Fsp3) is 0.259. The van der Waals surface area contributed by atoms with Crippen molar-refractivity contribution in [3.63, 3.8) is 0 Å². The van der Waals surface area contributed by atoms with Crippen molar-refractivity contribution < 1.29 is 28.5 Å². The van der Waals surface area contributed by atoms with Gasteiger partial charge in [0.2, 0.25) is 0 Å². The third kappa shape index (κ3) is 5.00. The Morgan fingerprint density at radius 3 is 2.28 bits per heavy atom. The van der Waals surface area contributed by atoms with Crippen molar-refractivity contribution >= 4 is 16.8 Å². The van der Waals surface area contributed by atoms with Crippen molar-refractivity contribution in [2.24, 2.45) is 0 Å². The number of methoxy groups -OCH3 is 4. The molecule has 0 fully saturated rings. The van der Waals surface area contributed by atoms with Crippen LogP contribution in [0.25, 0.3) is 10.9 Å². The normalized spacial score (nSPS) is 11.6. The molecule has 9 heteroatoms. The van der Waals surface area contributed by atoms with E-state index in [9.17, 15) is 4.79 Å². The van der Waals surface area contributed by atoms with E-state index < -0.39 is 0 Å². The summed E-state index contributed by atoms with van der Waals surface area (Å²) in [6.45, 7) is 2.29. The fourth-order valence-electron chi connectivity index (χ4n) is 3.93. The smallest absolute Gasteiger partial charge is 0.268 e. The van der Waals surface area contributed by atoms with E-state index >= 15 is 0 Å². The third-order valence-electron chi connectivity index (χ3n) is 5.86. The number of fused-ring (bicyclic) bond motifs is 1. The van der Waals surface area contributed by atoms with Crippen LogP contribution in [0.1, 0.15) is 34.6 Å². The summed E-state index contributed by atoms with van der Waals surface area (Å²) in [4.78, 5) is 20.3. The molecule has 1 atom stereocenters. The van der Waals surface area contributed by atoms with Crippen LogP contribution in [0, 0.1) is 0 Å². The number of benzene rings is 2. The molecule has 0 aliphatic rings. The summed E-state index contributed by atoms with van der Waals surface area (Å²) < 4.78 is 27.8. The van der Waals surface area contributed by atoms with Crippen molar-refractivity contribution in [2.75, 3.05) is 28.4 Å². The summed E-state index contributed by atoms with van der Waals surface area (Å²) in [6.07, 6.45) is 3.44. The zero-order valence-corrected chi connectivity index (χ0v) is 20.9. The molecule has 0 aliphatic heterocycles. The van der Waals surface area contributed by atoms with Gasteiger partial charge in [0, 0.05) is 23.8 Å². The highest BCUT2D eigenvalue weighted by molar-refractivity contribution is 6.02. The molecule has 2 aromatic carbocycles. The number of carbonyl (C=O) groups excluding carboxylic acids is 1. The highest BCUT2D eigenvalue weighted by Gasteiger charge is 2.21. The lowest BCUT2D eigenvalue weighted by Crippen LogP contribution is -2.26. The number of pyridine rings is 1. The van der Waals surface area contributed by atoms with Crippen molar-refractivity contribution in [2.45, 2.75) is 19.6 Å². The summed E-state index contributed by atoms with van der Waals surface area (Å²) in [6, 6.07) is 12.5. The standard InChI is InChI=1S/C27H29N3O6/c1-16(18-6-7-21(23(12-18)33-3)36-15-17-8-10-28-11-9-17)29-27(31)20-13-19-22(32-2)14-24(34-4)26(35-5)25(19)30-20/h6-14,16,30H,15H2,1-5H3,(H,29,31). The van der Waals surface area contributed by atoms with Crippen LogP contribution in [0.15, 0.2) is 54.9 Å². The number of H-pyrrole nitrogens is 1. The van der Waals surface area contributed by atoms with Crippen LogP contribution < -0.4 is 29.0 Å². The molecule has 2 aromatic heterocycles. The van der Waals surface area contributed by atoms with E-state index in [0.29, 0.717) is 52.0 Å². The second kappa shape index (κ2) is 10.9. The first-order valence-electron chi connectivity index (χ1n) is 11.3. The van der Waals surface area contributed by atoms with E-state index in [1.165, 1.54) is 0 Å². The second-order valence-electron chi connectivity index (χ2n) is 8.04. The first-order valence-corrected chi connectivity index (χ1v) is 11.3. The van der Waals surface area contributed by atoms with Crippen molar-refractivity contribution in [3.05, 3.63) is 71.7 Å². The van der Waals surface area contributed by atoms with Crippen LogP contribution in [0.4, 0.5) is 0 Å². The largest absolute Gasteiger partial charge is 0.496 e. The van der Waals surface area contributed by atoms with E-state index in [1.807, 2.05) is 37.3 Å². The highest BCUT2D eigenvalue weighted by Crippen LogP contribution is 2.41. The third-order valence-corrected chi connectivity index (χ3v) is 5.86. The molecule has 0 spiro atoms. The van der Waals surface area contributed by atoms with Gasteiger partial charge < -0.3 is 34.0 Å². The maximum atomic E-state index is 13.1. The number of hydrogen-bond acceptors (Lipinski definition) is 7. The van der Waals surface area contributed by atoms with Crippen molar-refractivity contribution in [1.29, 1.82) is 0 Å². The van der Waals surface area contributed by atoms with Gasteiger partial charge in [-0.15, -0.1) is 0 Å². The number of nitrogens with one attached hydrogen (secondary N) is 2. The Balaban J connectivity index is 1.52. The Bertz CT molecular complexity index is 1350. The number of nitrogens with zero attached hydrogens (tertiary/aromatic N) is 1. The van der Waals surface area contributed by atoms with Crippen LogP contribution in [0.5, 0.6) is 28.7 Å². The van der Waals surface area contributed by atoms with Crippen molar-refractivity contribution in [1.82, 2.24) is 15.3 Å². The van der Waals surface area contributed by atoms with Gasteiger partial charge in [0.1, 0.15) is 18.1 Å². The first-order chi connectivity index (χ1) is 17.5. The topological polar surface area (TPSA) is 104 Å². The summed E-state index contributed by atoms with van der Waals surface area (Å²) >= 11 is 0. The lowest BCUT2D eigenvalue weighted by Gasteiger charge is -2.17. The molecule has 0 saturated carbocycles. The average Bonchev–Trinajstić information content (AvgIpc) is 3.37. The maximum absolute atomic E-state index is 13.1.